The second kappa shape index (κ2) is 8.11. The average molecular weight is 458 g/mol. The number of ether oxygens (including phenoxy) is 1. The zero-order valence-electron chi connectivity index (χ0n) is 18.6. The van der Waals surface area contributed by atoms with Crippen LogP contribution in [-0.2, 0) is 10.2 Å². The van der Waals surface area contributed by atoms with Crippen LogP contribution in [0.2, 0.25) is 0 Å². The Kier molecular flexibility index (Phi) is 5.21. The van der Waals surface area contributed by atoms with Crippen molar-refractivity contribution in [3.63, 3.8) is 0 Å². The molecule has 7 heteroatoms. The number of aromatic nitrogens is 1. The van der Waals surface area contributed by atoms with Crippen LogP contribution in [0, 0.1) is 11.2 Å². The molecule has 1 saturated heterocycles. The third-order valence-electron chi connectivity index (χ3n) is 6.77. The zero-order chi connectivity index (χ0) is 24.0. The number of halogens is 1. The molecule has 1 fully saturated rings. The van der Waals surface area contributed by atoms with Gasteiger partial charge in [-0.3, -0.25) is 0 Å². The van der Waals surface area contributed by atoms with Crippen LogP contribution in [0.3, 0.4) is 0 Å². The average Bonchev–Trinajstić information content (AvgIpc) is 3.12. The van der Waals surface area contributed by atoms with Gasteiger partial charge in [0, 0.05) is 39.8 Å². The van der Waals surface area contributed by atoms with Crippen molar-refractivity contribution in [2.24, 2.45) is 0 Å². The molecule has 4 N–H and O–H groups in total. The molecule has 2 heterocycles. The van der Waals surface area contributed by atoms with Gasteiger partial charge in [-0.15, -0.1) is 0 Å². The fourth-order valence-corrected chi connectivity index (χ4v) is 4.78. The van der Waals surface area contributed by atoms with Crippen molar-refractivity contribution in [2.45, 2.75) is 18.8 Å². The minimum Gasteiger partial charge on any atom is -0.478 e. The molecule has 0 unspecified atom stereocenters. The SMILES string of the molecule is CCC1(c2c(-c3ccc(C(=O)O)cc3)c3cc(N)c(C=N)cc3n2-c2ccc(F)cc2)COC1. The smallest absolute Gasteiger partial charge is 0.335 e. The summed E-state index contributed by atoms with van der Waals surface area (Å²) in [6, 6.07) is 16.9. The normalized spacial score (nSPS) is 14.6. The third kappa shape index (κ3) is 3.28. The van der Waals surface area contributed by atoms with Gasteiger partial charge in [-0.1, -0.05) is 19.1 Å². The van der Waals surface area contributed by atoms with Crippen LogP contribution in [0.1, 0.15) is 35.0 Å². The summed E-state index contributed by atoms with van der Waals surface area (Å²) in [5.41, 5.74) is 11.7. The van der Waals surface area contributed by atoms with Crippen molar-refractivity contribution >= 4 is 28.8 Å². The van der Waals surface area contributed by atoms with Gasteiger partial charge in [0.25, 0.3) is 0 Å². The van der Waals surface area contributed by atoms with Gasteiger partial charge in [0.15, 0.2) is 0 Å². The molecular weight excluding hydrogens is 433 g/mol. The Morgan fingerprint density at radius 3 is 2.38 bits per heavy atom. The predicted octanol–water partition coefficient (Wildman–Crippen LogP) is 5.39. The van der Waals surface area contributed by atoms with E-state index in [0.717, 1.165) is 39.8 Å². The Morgan fingerprint density at radius 1 is 1.18 bits per heavy atom. The van der Waals surface area contributed by atoms with Crippen molar-refractivity contribution in [3.8, 4) is 16.8 Å². The van der Waals surface area contributed by atoms with Gasteiger partial charge in [0.1, 0.15) is 5.82 Å². The van der Waals surface area contributed by atoms with E-state index in [-0.39, 0.29) is 16.8 Å². The van der Waals surface area contributed by atoms with Gasteiger partial charge in [-0.25, -0.2) is 9.18 Å². The van der Waals surface area contributed by atoms with E-state index in [0.29, 0.717) is 24.5 Å². The van der Waals surface area contributed by atoms with Gasteiger partial charge >= 0.3 is 5.97 Å². The zero-order valence-corrected chi connectivity index (χ0v) is 18.6. The Labute approximate surface area is 195 Å². The lowest BCUT2D eigenvalue weighted by atomic mass is 9.76. The summed E-state index contributed by atoms with van der Waals surface area (Å²) >= 11 is 0. The van der Waals surface area contributed by atoms with Crippen molar-refractivity contribution < 1.29 is 19.0 Å². The topological polar surface area (TPSA) is 101 Å². The highest BCUT2D eigenvalue weighted by Crippen LogP contribution is 2.48. The number of nitrogens with one attached hydrogen (secondary N) is 1. The second-order valence-electron chi connectivity index (χ2n) is 8.69. The highest BCUT2D eigenvalue weighted by molar-refractivity contribution is 6.05. The minimum atomic E-state index is -0.988. The number of hydrogen-bond donors (Lipinski definition) is 3. The van der Waals surface area contributed by atoms with E-state index >= 15 is 0 Å². The lowest BCUT2D eigenvalue weighted by Gasteiger charge is -2.42. The number of anilines is 1. The maximum Gasteiger partial charge on any atom is 0.335 e. The number of carbonyl (C=O) groups is 1. The number of carboxylic acid groups (broad SMARTS) is 1. The first kappa shape index (κ1) is 21.9. The number of hydrogen-bond acceptors (Lipinski definition) is 4. The summed E-state index contributed by atoms with van der Waals surface area (Å²) in [6.45, 7) is 3.19. The quantitative estimate of drug-likeness (QED) is 0.267. The number of aromatic carboxylic acids is 1. The Balaban J connectivity index is 1.93. The van der Waals surface area contributed by atoms with Crippen LogP contribution >= 0.6 is 0 Å². The van der Waals surface area contributed by atoms with E-state index in [4.69, 9.17) is 15.9 Å². The lowest BCUT2D eigenvalue weighted by Crippen LogP contribution is -2.47. The van der Waals surface area contributed by atoms with Gasteiger partial charge in [0.2, 0.25) is 0 Å². The summed E-state index contributed by atoms with van der Waals surface area (Å²) in [4.78, 5) is 11.4. The largest absolute Gasteiger partial charge is 0.478 e. The van der Waals surface area contributed by atoms with Crippen molar-refractivity contribution in [2.75, 3.05) is 18.9 Å². The first-order valence-corrected chi connectivity index (χ1v) is 11.0. The van der Waals surface area contributed by atoms with Crippen molar-refractivity contribution in [3.05, 3.63) is 83.3 Å². The second-order valence-corrected chi connectivity index (χ2v) is 8.69. The Bertz CT molecular complexity index is 1410. The molecular formula is C27H24FN3O3. The standard InChI is InChI=1S/C27H24FN3O3/c1-2-27(14-34-15-27)25-24(16-3-5-17(6-4-16)26(32)33)21-12-22(30)18(13-29)11-23(21)31(25)20-9-7-19(28)8-10-20/h3-13,29H,2,14-15,30H2,1H3,(H,32,33). The van der Waals surface area contributed by atoms with E-state index in [9.17, 15) is 14.3 Å². The molecule has 0 atom stereocenters. The van der Waals surface area contributed by atoms with E-state index < -0.39 is 5.97 Å². The number of nitrogen functional groups attached to an aromatic ring is 1. The molecule has 1 aromatic heterocycles. The predicted molar refractivity (Wildman–Crippen MR) is 131 cm³/mol. The summed E-state index contributed by atoms with van der Waals surface area (Å²) in [6.07, 6.45) is 2.04. The first-order valence-electron chi connectivity index (χ1n) is 11.0. The summed E-state index contributed by atoms with van der Waals surface area (Å²) in [7, 11) is 0. The molecule has 34 heavy (non-hydrogen) atoms. The highest BCUT2D eigenvalue weighted by Gasteiger charge is 2.44. The summed E-state index contributed by atoms with van der Waals surface area (Å²) in [5.74, 6) is -1.31. The Hall–Kier alpha value is -3.97. The molecule has 1 aliphatic rings. The number of nitrogens with two attached hydrogens (primary N) is 1. The lowest BCUT2D eigenvalue weighted by molar-refractivity contribution is -0.0644. The number of rotatable bonds is 6. The molecule has 0 saturated carbocycles. The number of carboxylic acids is 1. The minimum absolute atomic E-state index is 0.204. The molecule has 1 aliphatic heterocycles. The van der Waals surface area contributed by atoms with Gasteiger partial charge < -0.3 is 25.6 Å². The van der Waals surface area contributed by atoms with Crippen LogP contribution in [0.5, 0.6) is 0 Å². The van der Waals surface area contributed by atoms with E-state index in [2.05, 4.69) is 11.5 Å². The Morgan fingerprint density at radius 2 is 1.85 bits per heavy atom. The third-order valence-corrected chi connectivity index (χ3v) is 6.77. The molecule has 3 aromatic carbocycles. The maximum atomic E-state index is 13.8. The van der Waals surface area contributed by atoms with Crippen molar-refractivity contribution in [1.29, 1.82) is 5.41 Å². The molecule has 5 rings (SSSR count). The highest BCUT2D eigenvalue weighted by atomic mass is 19.1. The number of benzene rings is 3. The van der Waals surface area contributed by atoms with E-state index in [1.165, 1.54) is 18.3 Å². The maximum absolute atomic E-state index is 13.8. The molecule has 6 nitrogen and oxygen atoms in total. The van der Waals surface area contributed by atoms with Crippen molar-refractivity contribution in [1.82, 2.24) is 4.57 Å². The summed E-state index contributed by atoms with van der Waals surface area (Å²) in [5, 5.41) is 18.1. The van der Waals surface area contributed by atoms with Crippen LogP contribution in [0.4, 0.5) is 10.1 Å². The van der Waals surface area contributed by atoms with Crippen LogP contribution in [0.25, 0.3) is 27.7 Å². The molecule has 4 aromatic rings. The molecule has 172 valence electrons. The van der Waals surface area contributed by atoms with E-state index in [1.54, 1.807) is 36.4 Å². The molecule has 0 spiro atoms. The molecule has 0 aliphatic carbocycles. The fourth-order valence-electron chi connectivity index (χ4n) is 4.78. The van der Waals surface area contributed by atoms with Gasteiger partial charge in [-0.2, -0.15) is 0 Å². The molecule has 0 bridgehead atoms. The number of fused-ring (bicyclic) bond motifs is 1. The molecule has 0 amide bonds. The van der Waals surface area contributed by atoms with Crippen LogP contribution in [0.15, 0.2) is 60.7 Å². The van der Waals surface area contributed by atoms with Gasteiger partial charge in [-0.05, 0) is 60.5 Å². The van der Waals surface area contributed by atoms with E-state index in [1.807, 2.05) is 12.1 Å². The van der Waals surface area contributed by atoms with Crippen LogP contribution < -0.4 is 5.73 Å². The molecule has 0 radical (unpaired) electrons. The first-order chi connectivity index (χ1) is 16.4. The van der Waals surface area contributed by atoms with Crippen LogP contribution in [-0.4, -0.2) is 35.1 Å². The monoisotopic (exact) mass is 457 g/mol. The van der Waals surface area contributed by atoms with Gasteiger partial charge in [0.05, 0.1) is 29.7 Å². The summed E-state index contributed by atoms with van der Waals surface area (Å²) < 4.78 is 21.6. The number of nitrogens with zero attached hydrogens (tertiary/aromatic N) is 1. The fraction of sp³-hybridized carbons (Fsp3) is 0.185.